The molecule has 0 fully saturated rings. The van der Waals surface area contributed by atoms with Gasteiger partial charge in [-0.15, -0.1) is 0 Å². The molecule has 0 amide bonds. The summed E-state index contributed by atoms with van der Waals surface area (Å²) >= 11 is 3.49. The average molecular weight is 332 g/mol. The molecule has 1 unspecified atom stereocenters. The Labute approximate surface area is 125 Å². The molecular formula is C14H14BrN5. The van der Waals surface area contributed by atoms with Crippen molar-refractivity contribution in [3.05, 3.63) is 46.8 Å². The minimum Gasteiger partial charge on any atom is -0.363 e. The van der Waals surface area contributed by atoms with Gasteiger partial charge in [-0.2, -0.15) is 5.10 Å². The number of nitrogens with one attached hydrogen (secondary N) is 1. The lowest BCUT2D eigenvalue weighted by atomic mass is 10.1. The quantitative estimate of drug-likeness (QED) is 0.800. The van der Waals surface area contributed by atoms with Gasteiger partial charge in [0.1, 0.15) is 12.1 Å². The van der Waals surface area contributed by atoms with Crippen molar-refractivity contribution in [1.29, 1.82) is 0 Å². The Morgan fingerprint density at radius 1 is 1.30 bits per heavy atom. The van der Waals surface area contributed by atoms with Gasteiger partial charge in [0.05, 0.1) is 17.6 Å². The van der Waals surface area contributed by atoms with Crippen molar-refractivity contribution in [1.82, 2.24) is 19.7 Å². The molecule has 1 atom stereocenters. The summed E-state index contributed by atoms with van der Waals surface area (Å²) in [5, 5.41) is 8.56. The fraction of sp³-hybridized carbons (Fsp3) is 0.214. The van der Waals surface area contributed by atoms with Crippen LogP contribution < -0.4 is 5.32 Å². The molecule has 2 aromatic heterocycles. The summed E-state index contributed by atoms with van der Waals surface area (Å²) in [6, 6.07) is 8.37. The topological polar surface area (TPSA) is 55.6 Å². The molecule has 0 saturated carbocycles. The number of anilines is 1. The summed E-state index contributed by atoms with van der Waals surface area (Å²) in [5.41, 5.74) is 2.01. The van der Waals surface area contributed by atoms with Gasteiger partial charge in [-0.25, -0.2) is 9.97 Å². The first-order valence-corrected chi connectivity index (χ1v) is 7.09. The van der Waals surface area contributed by atoms with E-state index in [-0.39, 0.29) is 6.04 Å². The van der Waals surface area contributed by atoms with Gasteiger partial charge < -0.3 is 5.32 Å². The molecule has 6 heteroatoms. The Bertz CT molecular complexity index is 752. The number of benzene rings is 1. The summed E-state index contributed by atoms with van der Waals surface area (Å²) in [7, 11) is 1.87. The minimum absolute atomic E-state index is 0.144. The highest BCUT2D eigenvalue weighted by molar-refractivity contribution is 9.10. The van der Waals surface area contributed by atoms with Gasteiger partial charge in [0, 0.05) is 11.5 Å². The maximum Gasteiger partial charge on any atom is 0.163 e. The van der Waals surface area contributed by atoms with E-state index in [0.717, 1.165) is 21.3 Å². The Morgan fingerprint density at radius 3 is 2.95 bits per heavy atom. The van der Waals surface area contributed by atoms with Crippen molar-refractivity contribution in [2.45, 2.75) is 13.0 Å². The molecule has 0 spiro atoms. The van der Waals surface area contributed by atoms with E-state index in [1.165, 1.54) is 5.56 Å². The average Bonchev–Trinajstić information content (AvgIpc) is 2.82. The van der Waals surface area contributed by atoms with E-state index in [1.54, 1.807) is 17.2 Å². The number of hydrogen-bond donors (Lipinski definition) is 1. The van der Waals surface area contributed by atoms with E-state index >= 15 is 0 Å². The van der Waals surface area contributed by atoms with E-state index in [9.17, 15) is 0 Å². The van der Waals surface area contributed by atoms with Crippen LogP contribution in [0.3, 0.4) is 0 Å². The third-order valence-corrected chi connectivity index (χ3v) is 3.72. The normalized spacial score (nSPS) is 12.6. The second-order valence-electron chi connectivity index (χ2n) is 4.65. The van der Waals surface area contributed by atoms with Crippen molar-refractivity contribution >= 4 is 32.8 Å². The van der Waals surface area contributed by atoms with Gasteiger partial charge in [-0.1, -0.05) is 28.1 Å². The fourth-order valence-electron chi connectivity index (χ4n) is 2.14. The monoisotopic (exact) mass is 331 g/mol. The largest absolute Gasteiger partial charge is 0.363 e. The number of rotatable bonds is 3. The maximum atomic E-state index is 4.32. The third kappa shape index (κ3) is 2.38. The highest BCUT2D eigenvalue weighted by atomic mass is 79.9. The van der Waals surface area contributed by atoms with Crippen LogP contribution in [0.4, 0.5) is 5.82 Å². The molecule has 0 saturated heterocycles. The number of aromatic nitrogens is 4. The zero-order valence-corrected chi connectivity index (χ0v) is 12.8. The maximum absolute atomic E-state index is 4.32. The molecule has 0 bridgehead atoms. The molecular weight excluding hydrogens is 318 g/mol. The number of hydrogen-bond acceptors (Lipinski definition) is 4. The van der Waals surface area contributed by atoms with Crippen molar-refractivity contribution in [2.24, 2.45) is 7.05 Å². The Kier molecular flexibility index (Phi) is 3.40. The fourth-order valence-corrected chi connectivity index (χ4v) is 2.56. The molecule has 2 heterocycles. The standard InChI is InChI=1S/C14H14BrN5/c1-9(10-4-3-5-11(15)6-10)19-13-12-7-18-20(2)14(12)17-8-16-13/h3-9H,1-2H3,(H,16,17,19). The van der Waals surface area contributed by atoms with Gasteiger partial charge >= 0.3 is 0 Å². The predicted octanol–water partition coefficient (Wildman–Crippen LogP) is 3.30. The summed E-state index contributed by atoms with van der Waals surface area (Å²) in [5.74, 6) is 0.801. The zero-order valence-electron chi connectivity index (χ0n) is 11.2. The highest BCUT2D eigenvalue weighted by Gasteiger charge is 2.11. The molecule has 1 N–H and O–H groups in total. The zero-order chi connectivity index (χ0) is 14.1. The molecule has 3 rings (SSSR count). The van der Waals surface area contributed by atoms with Crippen LogP contribution in [-0.2, 0) is 7.05 Å². The van der Waals surface area contributed by atoms with Gasteiger partial charge in [-0.3, -0.25) is 4.68 Å². The van der Waals surface area contributed by atoms with Crippen molar-refractivity contribution < 1.29 is 0 Å². The Morgan fingerprint density at radius 2 is 2.15 bits per heavy atom. The molecule has 0 aliphatic carbocycles. The molecule has 1 aromatic carbocycles. The summed E-state index contributed by atoms with van der Waals surface area (Å²) < 4.78 is 2.81. The van der Waals surface area contributed by atoms with E-state index in [1.807, 2.05) is 19.2 Å². The van der Waals surface area contributed by atoms with Crippen LogP contribution in [0.5, 0.6) is 0 Å². The predicted molar refractivity (Wildman–Crippen MR) is 82.5 cm³/mol. The van der Waals surface area contributed by atoms with E-state index in [4.69, 9.17) is 0 Å². The number of aryl methyl sites for hydroxylation is 1. The summed E-state index contributed by atoms with van der Waals surface area (Å²) in [4.78, 5) is 8.56. The summed E-state index contributed by atoms with van der Waals surface area (Å²) in [6.07, 6.45) is 3.34. The van der Waals surface area contributed by atoms with Gasteiger partial charge in [-0.05, 0) is 24.6 Å². The number of halogens is 1. The minimum atomic E-state index is 0.144. The number of fused-ring (bicyclic) bond motifs is 1. The summed E-state index contributed by atoms with van der Waals surface area (Å²) in [6.45, 7) is 2.10. The van der Waals surface area contributed by atoms with Gasteiger partial charge in [0.15, 0.2) is 5.65 Å². The SMILES string of the molecule is CC(Nc1ncnc2c1cnn2C)c1cccc(Br)c1. The second-order valence-corrected chi connectivity index (χ2v) is 5.56. The lowest BCUT2D eigenvalue weighted by Gasteiger charge is -2.15. The molecule has 0 radical (unpaired) electrons. The van der Waals surface area contributed by atoms with Crippen molar-refractivity contribution in [3.8, 4) is 0 Å². The first-order valence-electron chi connectivity index (χ1n) is 6.30. The molecule has 0 aliphatic rings. The van der Waals surface area contributed by atoms with Crippen molar-refractivity contribution in [3.63, 3.8) is 0 Å². The van der Waals surface area contributed by atoms with E-state index in [0.29, 0.717) is 0 Å². The van der Waals surface area contributed by atoms with Crippen LogP contribution in [0.25, 0.3) is 11.0 Å². The van der Waals surface area contributed by atoms with E-state index < -0.39 is 0 Å². The third-order valence-electron chi connectivity index (χ3n) is 3.23. The lowest BCUT2D eigenvalue weighted by Crippen LogP contribution is -2.08. The first-order chi connectivity index (χ1) is 9.65. The van der Waals surface area contributed by atoms with E-state index in [2.05, 4.69) is 55.4 Å². The molecule has 5 nitrogen and oxygen atoms in total. The molecule has 3 aromatic rings. The molecule has 102 valence electrons. The van der Waals surface area contributed by atoms with Crippen molar-refractivity contribution in [2.75, 3.05) is 5.32 Å². The van der Waals surface area contributed by atoms with Gasteiger partial charge in [0.25, 0.3) is 0 Å². The smallest absolute Gasteiger partial charge is 0.163 e. The lowest BCUT2D eigenvalue weighted by molar-refractivity contribution is 0.785. The van der Waals surface area contributed by atoms with Crippen LogP contribution in [-0.4, -0.2) is 19.7 Å². The molecule has 20 heavy (non-hydrogen) atoms. The molecule has 0 aliphatic heterocycles. The van der Waals surface area contributed by atoms with Crippen LogP contribution in [0.1, 0.15) is 18.5 Å². The van der Waals surface area contributed by atoms with Crippen LogP contribution in [0.15, 0.2) is 41.3 Å². The second kappa shape index (κ2) is 5.20. The highest BCUT2D eigenvalue weighted by Crippen LogP contribution is 2.24. The van der Waals surface area contributed by atoms with Crippen LogP contribution in [0, 0.1) is 0 Å². The van der Waals surface area contributed by atoms with Crippen LogP contribution >= 0.6 is 15.9 Å². The van der Waals surface area contributed by atoms with Gasteiger partial charge in [0.2, 0.25) is 0 Å². The van der Waals surface area contributed by atoms with Crippen LogP contribution in [0.2, 0.25) is 0 Å². The first kappa shape index (κ1) is 13.1. The Hall–Kier alpha value is -1.95. The number of nitrogens with zero attached hydrogens (tertiary/aromatic N) is 4. The Balaban J connectivity index is 1.93.